The Hall–Kier alpha value is -1.23. The average Bonchev–Trinajstić information content (AvgIpc) is 1.88. The molecule has 0 unspecified atom stereocenters. The number of carbonyl (C=O) groups is 1. The normalized spacial score (nSPS) is 9.20. The van der Waals surface area contributed by atoms with E-state index >= 15 is 0 Å². The van der Waals surface area contributed by atoms with Crippen LogP contribution in [0.25, 0.3) is 0 Å². The first-order valence-electron chi connectivity index (χ1n) is 2.74. The topological polar surface area (TPSA) is 52.1 Å². The summed E-state index contributed by atoms with van der Waals surface area (Å²) in [7, 11) is 0.394. The van der Waals surface area contributed by atoms with Crippen molar-refractivity contribution in [2.45, 2.75) is 0 Å². The fourth-order valence-corrected chi connectivity index (χ4v) is 0.741. The van der Waals surface area contributed by atoms with Gasteiger partial charge in [-0.2, -0.15) is 10.2 Å². The van der Waals surface area contributed by atoms with Crippen LogP contribution in [0.4, 0.5) is 4.79 Å². The summed E-state index contributed by atoms with van der Waals surface area (Å²) in [5.74, 6) is 0.454. The van der Waals surface area contributed by atoms with Crippen LogP contribution >= 0.6 is 0 Å². The minimum atomic E-state index is -0.215. The number of rotatable bonds is 1. The highest BCUT2D eigenvalue weighted by Crippen LogP contribution is 2.03. The maximum absolute atomic E-state index is 10.4. The summed E-state index contributed by atoms with van der Waals surface area (Å²) in [4.78, 5) is 10.4. The van der Waals surface area contributed by atoms with Gasteiger partial charge in [-0.05, 0) is 0 Å². The second-order valence-corrected chi connectivity index (χ2v) is 2.49. The van der Waals surface area contributed by atoms with Gasteiger partial charge in [0.15, 0.2) is 5.75 Å². The van der Waals surface area contributed by atoms with E-state index in [9.17, 15) is 4.79 Å². The first-order chi connectivity index (χ1) is 4.79. The van der Waals surface area contributed by atoms with Crippen LogP contribution in [0.2, 0.25) is 0 Å². The Morgan fingerprint density at radius 3 is 2.90 bits per heavy atom. The van der Waals surface area contributed by atoms with Crippen molar-refractivity contribution < 1.29 is 9.53 Å². The third-order valence-electron chi connectivity index (χ3n) is 0.819. The highest BCUT2D eigenvalue weighted by Gasteiger charge is 1.94. The zero-order chi connectivity index (χ0) is 7.40. The smallest absolute Gasteiger partial charge is 0.265 e. The third kappa shape index (κ3) is 1.94. The molecule has 0 aromatic carbocycles. The lowest BCUT2D eigenvalue weighted by molar-refractivity contribution is 0.225. The summed E-state index contributed by atoms with van der Waals surface area (Å²) < 4.78 is 4.73. The molecular weight excluding hydrogens is 148 g/mol. The van der Waals surface area contributed by atoms with E-state index in [1.165, 1.54) is 12.4 Å². The molecule has 4 nitrogen and oxygen atoms in total. The molecule has 0 aliphatic carbocycles. The molecule has 5 heteroatoms. The van der Waals surface area contributed by atoms with E-state index in [0.29, 0.717) is 16.0 Å². The van der Waals surface area contributed by atoms with Crippen LogP contribution in [0.3, 0.4) is 0 Å². The minimum Gasteiger partial charge on any atom is -0.430 e. The summed E-state index contributed by atoms with van der Waals surface area (Å²) in [5, 5.41) is 7.05. The maximum atomic E-state index is 10.4. The molecule has 0 radical (unpaired) electrons. The number of hydrogen-bond acceptors (Lipinski definition) is 4. The van der Waals surface area contributed by atoms with Crippen LogP contribution in [0.5, 0.6) is 5.75 Å². The van der Waals surface area contributed by atoms with Crippen molar-refractivity contribution in [2.75, 3.05) is 0 Å². The van der Waals surface area contributed by atoms with Crippen molar-refractivity contribution in [1.29, 1.82) is 0 Å². The molecule has 52 valence electrons. The summed E-state index contributed by atoms with van der Waals surface area (Å²) >= 11 is 0. The zero-order valence-electron chi connectivity index (χ0n) is 5.44. The van der Waals surface area contributed by atoms with Crippen LogP contribution in [0.1, 0.15) is 0 Å². The molecule has 0 fully saturated rings. The van der Waals surface area contributed by atoms with Gasteiger partial charge >= 0.3 is 0 Å². The highest BCUT2D eigenvalue weighted by atomic mass is 28.1. The molecule has 1 aromatic heterocycles. The van der Waals surface area contributed by atoms with Crippen LogP contribution in [0, 0.1) is 0 Å². The van der Waals surface area contributed by atoms with Gasteiger partial charge in [0.05, 0.1) is 12.4 Å². The highest BCUT2D eigenvalue weighted by molar-refractivity contribution is 6.55. The fraction of sp³-hybridized carbons (Fsp3) is 0. The fourth-order valence-electron chi connectivity index (χ4n) is 0.505. The Morgan fingerprint density at radius 1 is 1.60 bits per heavy atom. The number of ether oxygens (including phenoxy) is 1. The van der Waals surface area contributed by atoms with Gasteiger partial charge in [-0.15, -0.1) is 0 Å². The molecule has 0 amide bonds. The lowest BCUT2D eigenvalue weighted by Crippen LogP contribution is -2.04. The molecule has 0 atom stereocenters. The number of aromatic nitrogens is 2. The molecule has 0 saturated carbocycles. The average molecular weight is 154 g/mol. The summed E-state index contributed by atoms with van der Waals surface area (Å²) in [6.45, 7) is 0. The van der Waals surface area contributed by atoms with Gasteiger partial charge in [0, 0.05) is 6.07 Å². The second kappa shape index (κ2) is 3.07. The van der Waals surface area contributed by atoms with E-state index in [2.05, 4.69) is 10.2 Å². The van der Waals surface area contributed by atoms with Gasteiger partial charge < -0.3 is 4.74 Å². The summed E-state index contributed by atoms with van der Waals surface area (Å²) in [5.41, 5.74) is -0.215. The standard InChI is InChI=1S/C5H6N2O2Si/c8-5(10)9-4-1-2-6-7-3-4/h1-3H,10H3. The maximum Gasteiger partial charge on any atom is 0.265 e. The molecular formula is C5H6N2O2Si. The molecule has 0 aliphatic rings. The van der Waals surface area contributed by atoms with Crippen molar-refractivity contribution in [3.63, 3.8) is 0 Å². The Bertz CT molecular complexity index is 226. The number of nitrogens with zero attached hydrogens (tertiary/aromatic N) is 2. The Kier molecular flexibility index (Phi) is 2.11. The molecule has 10 heavy (non-hydrogen) atoms. The van der Waals surface area contributed by atoms with Crippen molar-refractivity contribution in [3.05, 3.63) is 18.5 Å². The minimum absolute atomic E-state index is 0.215. The third-order valence-corrected chi connectivity index (χ3v) is 1.02. The van der Waals surface area contributed by atoms with E-state index in [4.69, 9.17) is 4.74 Å². The van der Waals surface area contributed by atoms with Gasteiger partial charge in [-0.1, -0.05) is 0 Å². The van der Waals surface area contributed by atoms with E-state index in [1.54, 1.807) is 6.07 Å². The first-order valence-corrected chi connectivity index (χ1v) is 3.74. The lowest BCUT2D eigenvalue weighted by Gasteiger charge is -1.96. The van der Waals surface area contributed by atoms with Gasteiger partial charge in [0.1, 0.15) is 10.2 Å². The lowest BCUT2D eigenvalue weighted by atomic mass is 10.5. The van der Waals surface area contributed by atoms with E-state index in [1.807, 2.05) is 0 Å². The molecule has 0 N–H and O–H groups in total. The van der Waals surface area contributed by atoms with E-state index in [-0.39, 0.29) is 5.59 Å². The van der Waals surface area contributed by atoms with Crippen LogP contribution < -0.4 is 4.74 Å². The van der Waals surface area contributed by atoms with Gasteiger partial charge in [-0.3, -0.25) is 4.79 Å². The first kappa shape index (κ1) is 6.88. The summed E-state index contributed by atoms with van der Waals surface area (Å²) in [6.07, 6.45) is 2.87. The van der Waals surface area contributed by atoms with Crippen LogP contribution in [0.15, 0.2) is 18.5 Å². The Balaban J connectivity index is 2.67. The van der Waals surface area contributed by atoms with Crippen LogP contribution in [-0.4, -0.2) is 26.0 Å². The van der Waals surface area contributed by atoms with Crippen LogP contribution in [-0.2, 0) is 0 Å². The van der Waals surface area contributed by atoms with Gasteiger partial charge in [-0.25, -0.2) is 0 Å². The predicted molar refractivity (Wildman–Crippen MR) is 38.0 cm³/mol. The van der Waals surface area contributed by atoms with E-state index in [0.717, 1.165) is 0 Å². The van der Waals surface area contributed by atoms with Gasteiger partial charge in [0.25, 0.3) is 5.59 Å². The zero-order valence-corrected chi connectivity index (χ0v) is 7.44. The van der Waals surface area contributed by atoms with Crippen molar-refractivity contribution in [3.8, 4) is 5.75 Å². The second-order valence-electron chi connectivity index (χ2n) is 1.67. The van der Waals surface area contributed by atoms with Crippen molar-refractivity contribution in [2.24, 2.45) is 0 Å². The van der Waals surface area contributed by atoms with Crippen molar-refractivity contribution in [1.82, 2.24) is 10.2 Å². The van der Waals surface area contributed by atoms with Crippen molar-refractivity contribution >= 4 is 15.8 Å². The Labute approximate surface area is 60.7 Å². The SMILES string of the molecule is O=C([SiH3])Oc1ccnnc1. The molecule has 0 aliphatic heterocycles. The monoisotopic (exact) mass is 154 g/mol. The largest absolute Gasteiger partial charge is 0.430 e. The van der Waals surface area contributed by atoms with Gasteiger partial charge in [0.2, 0.25) is 0 Å². The predicted octanol–water partition coefficient (Wildman–Crippen LogP) is -0.659. The Morgan fingerprint density at radius 2 is 2.40 bits per heavy atom. The number of hydrogen-bond donors (Lipinski definition) is 0. The molecule has 0 spiro atoms. The molecule has 1 heterocycles. The number of carbonyl (C=O) groups excluding carboxylic acids is 1. The summed E-state index contributed by atoms with van der Waals surface area (Å²) in [6, 6.07) is 1.59. The molecule has 1 aromatic rings. The quantitative estimate of drug-likeness (QED) is 0.504. The molecule has 1 rings (SSSR count). The van der Waals surface area contributed by atoms with E-state index < -0.39 is 0 Å². The molecule has 0 saturated heterocycles. The molecule has 0 bridgehead atoms.